The van der Waals surface area contributed by atoms with E-state index >= 15 is 0 Å². The molecule has 1 fully saturated rings. The Kier molecular flexibility index (Phi) is 2.79. The van der Waals surface area contributed by atoms with Crippen molar-refractivity contribution in [2.45, 2.75) is 32.4 Å². The van der Waals surface area contributed by atoms with Gasteiger partial charge in [-0.05, 0) is 13.3 Å². The second kappa shape index (κ2) is 3.96. The number of aliphatic hydroxyl groups is 1. The first-order valence-corrected chi connectivity index (χ1v) is 6.09. The van der Waals surface area contributed by atoms with Crippen molar-refractivity contribution >= 4 is 11.8 Å². The summed E-state index contributed by atoms with van der Waals surface area (Å²) < 4.78 is 0. The zero-order chi connectivity index (χ0) is 14.4. The lowest BCUT2D eigenvalue weighted by Gasteiger charge is -2.31. The Labute approximate surface area is 110 Å². The summed E-state index contributed by atoms with van der Waals surface area (Å²) in [7, 11) is 0. The monoisotopic (exact) mass is 264 g/mol. The second-order valence-corrected chi connectivity index (χ2v) is 5.11. The van der Waals surface area contributed by atoms with Crippen LogP contribution in [-0.4, -0.2) is 22.6 Å². The molecule has 5 N–H and O–H groups in total. The van der Waals surface area contributed by atoms with E-state index in [4.69, 9.17) is 5.73 Å². The van der Waals surface area contributed by atoms with Crippen molar-refractivity contribution in [3.63, 3.8) is 0 Å². The standard InChI is InChI=1S/C12H16N4O3/c1-3-4-7-11(2,19)16-10(18)12(7)6(5-13)8(14)15-9(12)17/h7,19H,3-4,14H2,1-2H3,(H,15,17)(H,16,18). The molecule has 2 heterocycles. The van der Waals surface area contributed by atoms with Gasteiger partial charge in [0.15, 0.2) is 5.41 Å². The molecule has 0 aromatic heterocycles. The molecular weight excluding hydrogens is 248 g/mol. The van der Waals surface area contributed by atoms with Crippen molar-refractivity contribution < 1.29 is 14.7 Å². The van der Waals surface area contributed by atoms with Crippen LogP contribution in [-0.2, 0) is 9.59 Å². The maximum absolute atomic E-state index is 12.3. The maximum atomic E-state index is 12.3. The largest absolute Gasteiger partial charge is 0.384 e. The summed E-state index contributed by atoms with van der Waals surface area (Å²) >= 11 is 0. The fraction of sp³-hybridized carbons (Fsp3) is 0.583. The van der Waals surface area contributed by atoms with Gasteiger partial charge in [-0.3, -0.25) is 9.59 Å². The van der Waals surface area contributed by atoms with E-state index in [-0.39, 0.29) is 11.4 Å². The summed E-state index contributed by atoms with van der Waals surface area (Å²) in [5, 5.41) is 24.2. The van der Waals surface area contributed by atoms with Crippen LogP contribution in [0.3, 0.4) is 0 Å². The first-order chi connectivity index (χ1) is 8.82. The Morgan fingerprint density at radius 2 is 2.11 bits per heavy atom. The summed E-state index contributed by atoms with van der Waals surface area (Å²) in [4.78, 5) is 24.5. The van der Waals surface area contributed by atoms with Crippen molar-refractivity contribution in [3.05, 3.63) is 11.4 Å². The number of rotatable bonds is 2. The van der Waals surface area contributed by atoms with E-state index < -0.39 is 28.9 Å². The summed E-state index contributed by atoms with van der Waals surface area (Å²) in [6.07, 6.45) is 1.07. The van der Waals surface area contributed by atoms with Crippen LogP contribution in [0.15, 0.2) is 11.4 Å². The van der Waals surface area contributed by atoms with Crippen molar-refractivity contribution in [1.82, 2.24) is 10.6 Å². The van der Waals surface area contributed by atoms with Crippen LogP contribution in [0.2, 0.25) is 0 Å². The van der Waals surface area contributed by atoms with Crippen LogP contribution >= 0.6 is 0 Å². The highest BCUT2D eigenvalue weighted by Crippen LogP contribution is 2.50. The number of amides is 2. The number of nitrogens with one attached hydrogen (secondary N) is 2. The molecule has 1 spiro atoms. The average molecular weight is 264 g/mol. The van der Waals surface area contributed by atoms with Crippen molar-refractivity contribution in [2.24, 2.45) is 17.1 Å². The van der Waals surface area contributed by atoms with Crippen LogP contribution in [0, 0.1) is 22.7 Å². The van der Waals surface area contributed by atoms with E-state index in [1.165, 1.54) is 6.92 Å². The van der Waals surface area contributed by atoms with Crippen LogP contribution < -0.4 is 16.4 Å². The minimum atomic E-state index is -1.71. The highest BCUT2D eigenvalue weighted by molar-refractivity contribution is 6.13. The molecule has 0 bridgehead atoms. The van der Waals surface area contributed by atoms with Gasteiger partial charge in [0.05, 0.1) is 5.57 Å². The molecule has 19 heavy (non-hydrogen) atoms. The fourth-order valence-corrected chi connectivity index (χ4v) is 3.09. The Balaban J connectivity index is 2.66. The lowest BCUT2D eigenvalue weighted by molar-refractivity contribution is -0.138. The lowest BCUT2D eigenvalue weighted by atomic mass is 9.68. The highest BCUT2D eigenvalue weighted by Gasteiger charge is 2.68. The number of nitrogens with two attached hydrogens (primary N) is 1. The molecule has 2 aliphatic heterocycles. The molecule has 2 aliphatic rings. The van der Waals surface area contributed by atoms with Gasteiger partial charge in [0.1, 0.15) is 17.6 Å². The van der Waals surface area contributed by atoms with Gasteiger partial charge in [-0.1, -0.05) is 13.3 Å². The average Bonchev–Trinajstić information content (AvgIpc) is 2.66. The first kappa shape index (κ1) is 13.4. The molecule has 0 aromatic rings. The third kappa shape index (κ3) is 1.47. The highest BCUT2D eigenvalue weighted by atomic mass is 16.3. The van der Waals surface area contributed by atoms with Gasteiger partial charge in [-0.2, -0.15) is 5.26 Å². The summed E-state index contributed by atoms with van der Waals surface area (Å²) in [6, 6.07) is 1.83. The topological polar surface area (TPSA) is 128 Å². The zero-order valence-corrected chi connectivity index (χ0v) is 10.8. The van der Waals surface area contributed by atoms with Gasteiger partial charge >= 0.3 is 0 Å². The predicted molar refractivity (Wildman–Crippen MR) is 64.6 cm³/mol. The SMILES string of the molecule is CCCC1C(C)(O)NC(=O)C12C(=O)NC(N)=C2C#N. The van der Waals surface area contributed by atoms with Crippen LogP contribution in [0.1, 0.15) is 26.7 Å². The van der Waals surface area contributed by atoms with Gasteiger partial charge in [-0.15, -0.1) is 0 Å². The molecule has 7 heteroatoms. The molecule has 0 aromatic carbocycles. The number of hydrogen-bond donors (Lipinski definition) is 4. The maximum Gasteiger partial charge on any atom is 0.247 e. The summed E-state index contributed by atoms with van der Waals surface area (Å²) in [5.41, 5.74) is 2.25. The van der Waals surface area contributed by atoms with Crippen LogP contribution in [0.4, 0.5) is 0 Å². The molecule has 0 aliphatic carbocycles. The molecule has 7 nitrogen and oxygen atoms in total. The van der Waals surface area contributed by atoms with E-state index in [0.29, 0.717) is 12.8 Å². The molecule has 3 unspecified atom stereocenters. The number of carbonyl (C=O) groups is 2. The second-order valence-electron chi connectivity index (χ2n) is 5.11. The molecule has 102 valence electrons. The Hall–Kier alpha value is -2.07. The molecule has 2 amide bonds. The molecule has 0 radical (unpaired) electrons. The van der Waals surface area contributed by atoms with Crippen LogP contribution in [0.25, 0.3) is 0 Å². The van der Waals surface area contributed by atoms with E-state index in [2.05, 4.69) is 10.6 Å². The van der Waals surface area contributed by atoms with Crippen molar-refractivity contribution in [1.29, 1.82) is 5.26 Å². The summed E-state index contributed by atoms with van der Waals surface area (Å²) in [6.45, 7) is 3.30. The van der Waals surface area contributed by atoms with E-state index in [1.54, 1.807) is 0 Å². The predicted octanol–water partition coefficient (Wildman–Crippen LogP) is -0.949. The van der Waals surface area contributed by atoms with Gasteiger partial charge in [0, 0.05) is 5.92 Å². The van der Waals surface area contributed by atoms with E-state index in [0.717, 1.165) is 0 Å². The van der Waals surface area contributed by atoms with Crippen molar-refractivity contribution in [2.75, 3.05) is 0 Å². The molecule has 2 rings (SSSR count). The number of nitrogens with zero attached hydrogens (tertiary/aromatic N) is 1. The smallest absolute Gasteiger partial charge is 0.247 e. The third-order valence-corrected chi connectivity index (χ3v) is 3.89. The summed E-state index contributed by atoms with van der Waals surface area (Å²) in [5.74, 6) is -2.16. The lowest BCUT2D eigenvalue weighted by Crippen LogP contribution is -2.46. The number of carbonyl (C=O) groups excluding carboxylic acids is 2. The zero-order valence-electron chi connectivity index (χ0n) is 10.8. The minimum Gasteiger partial charge on any atom is -0.384 e. The van der Waals surface area contributed by atoms with Gasteiger partial charge < -0.3 is 21.5 Å². The molecule has 0 saturated carbocycles. The minimum absolute atomic E-state index is 0.105. The number of hydrogen-bond acceptors (Lipinski definition) is 5. The van der Waals surface area contributed by atoms with Gasteiger partial charge in [-0.25, -0.2) is 0 Å². The Morgan fingerprint density at radius 3 is 2.63 bits per heavy atom. The molecule has 3 atom stereocenters. The van der Waals surface area contributed by atoms with E-state index in [9.17, 15) is 20.0 Å². The van der Waals surface area contributed by atoms with E-state index in [1.807, 2.05) is 13.0 Å². The van der Waals surface area contributed by atoms with Gasteiger partial charge in [0.2, 0.25) is 11.8 Å². The Morgan fingerprint density at radius 1 is 1.47 bits per heavy atom. The fourth-order valence-electron chi connectivity index (χ4n) is 3.09. The normalized spacial score (nSPS) is 37.5. The molecular formula is C12H16N4O3. The van der Waals surface area contributed by atoms with Crippen LogP contribution in [0.5, 0.6) is 0 Å². The van der Waals surface area contributed by atoms with Gasteiger partial charge in [0.25, 0.3) is 0 Å². The quantitative estimate of drug-likeness (QED) is 0.478. The first-order valence-electron chi connectivity index (χ1n) is 6.09. The molecule has 1 saturated heterocycles. The third-order valence-electron chi connectivity index (χ3n) is 3.89. The van der Waals surface area contributed by atoms with Crippen molar-refractivity contribution in [3.8, 4) is 6.07 Å². The Bertz CT molecular complexity index is 532. The number of nitriles is 1.